The molecule has 4 heteroatoms. The maximum absolute atomic E-state index is 10.4. The van der Waals surface area contributed by atoms with Gasteiger partial charge >= 0.3 is 0 Å². The van der Waals surface area contributed by atoms with Crippen molar-refractivity contribution in [3.8, 4) is 0 Å². The zero-order valence-corrected chi connectivity index (χ0v) is 13.8. The van der Waals surface area contributed by atoms with Crippen LogP contribution in [0.1, 0.15) is 21.5 Å². The molecule has 0 aliphatic rings. The number of amides is 1. The van der Waals surface area contributed by atoms with E-state index in [0.29, 0.717) is 16.9 Å². The molecule has 3 rings (SSSR count). The Morgan fingerprint density at radius 3 is 1.64 bits per heavy atom. The van der Waals surface area contributed by atoms with Gasteiger partial charge in [0.25, 0.3) is 0 Å². The average Bonchev–Trinajstić information content (AvgIpc) is 2.61. The number of hydrogen-bond acceptors (Lipinski definition) is 3. The summed E-state index contributed by atoms with van der Waals surface area (Å²) in [7, 11) is 0. The van der Waals surface area contributed by atoms with E-state index in [1.807, 2.05) is 60.7 Å². The van der Waals surface area contributed by atoms with Crippen LogP contribution in [0.15, 0.2) is 78.9 Å². The lowest BCUT2D eigenvalue weighted by atomic mass is 10.1. The van der Waals surface area contributed by atoms with Gasteiger partial charge in [-0.2, -0.15) is 0 Å². The first kappa shape index (κ1) is 17.8. The number of carbonyl (C=O) groups excluding carboxylic acids is 1. The molecule has 0 saturated carbocycles. The van der Waals surface area contributed by atoms with Gasteiger partial charge in [-0.15, -0.1) is 0 Å². The third-order valence-corrected chi connectivity index (χ3v) is 3.33. The Morgan fingerprint density at radius 1 is 0.680 bits per heavy atom. The first-order valence-corrected chi connectivity index (χ1v) is 7.78. The van der Waals surface area contributed by atoms with Crippen molar-refractivity contribution < 1.29 is 4.79 Å². The maximum Gasteiger partial charge on any atom is 0.248 e. The van der Waals surface area contributed by atoms with Crippen LogP contribution in [0.2, 0.25) is 0 Å². The van der Waals surface area contributed by atoms with Crippen LogP contribution in [0.5, 0.6) is 0 Å². The second kappa shape index (κ2) is 8.93. The van der Waals surface area contributed by atoms with Gasteiger partial charge in [-0.3, -0.25) is 4.79 Å². The van der Waals surface area contributed by atoms with Crippen molar-refractivity contribution in [3.63, 3.8) is 0 Å². The lowest BCUT2D eigenvalue weighted by Crippen LogP contribution is -2.09. The van der Waals surface area contributed by atoms with E-state index >= 15 is 0 Å². The largest absolute Gasteiger partial charge is 0.399 e. The molecule has 0 radical (unpaired) electrons. The van der Waals surface area contributed by atoms with E-state index in [1.54, 1.807) is 30.3 Å². The maximum atomic E-state index is 10.4. The normalized spacial score (nSPS) is 10.1. The molecule has 25 heavy (non-hydrogen) atoms. The van der Waals surface area contributed by atoms with E-state index in [1.165, 1.54) is 0 Å². The van der Waals surface area contributed by atoms with Crippen molar-refractivity contribution in [1.82, 2.24) is 0 Å². The van der Waals surface area contributed by atoms with Crippen LogP contribution in [0.25, 0.3) is 12.2 Å². The van der Waals surface area contributed by atoms with Crippen molar-refractivity contribution >= 4 is 29.4 Å². The average molecular weight is 331 g/mol. The first-order chi connectivity index (χ1) is 12.0. The van der Waals surface area contributed by atoms with Crippen LogP contribution in [0.4, 0.5) is 11.4 Å². The first-order valence-electron chi connectivity index (χ1n) is 7.78. The molecule has 0 aliphatic heterocycles. The molecule has 0 aliphatic carbocycles. The smallest absolute Gasteiger partial charge is 0.248 e. The molecule has 0 saturated heterocycles. The van der Waals surface area contributed by atoms with Crippen molar-refractivity contribution in [2.24, 2.45) is 5.73 Å². The Labute approximate surface area is 147 Å². The summed E-state index contributed by atoms with van der Waals surface area (Å²) in [5.74, 6) is -0.379. The summed E-state index contributed by atoms with van der Waals surface area (Å²) in [4.78, 5) is 10.4. The molecule has 0 aromatic heterocycles. The lowest BCUT2D eigenvalue weighted by Gasteiger charge is -1.99. The predicted molar refractivity (Wildman–Crippen MR) is 106 cm³/mol. The van der Waals surface area contributed by atoms with Gasteiger partial charge in [0.15, 0.2) is 0 Å². The van der Waals surface area contributed by atoms with E-state index in [0.717, 1.165) is 11.1 Å². The number of carbonyl (C=O) groups is 1. The Bertz CT molecular complexity index is 823. The van der Waals surface area contributed by atoms with E-state index in [2.05, 4.69) is 0 Å². The van der Waals surface area contributed by atoms with Crippen LogP contribution in [0, 0.1) is 0 Å². The molecular formula is C21H21N3O. The number of rotatable bonds is 3. The number of benzene rings is 3. The monoisotopic (exact) mass is 331 g/mol. The Hall–Kier alpha value is -3.53. The summed E-state index contributed by atoms with van der Waals surface area (Å²) in [5.41, 5.74) is 20.5. The highest BCUT2D eigenvalue weighted by molar-refractivity contribution is 5.92. The molecule has 4 nitrogen and oxygen atoms in total. The molecule has 1 amide bonds. The molecule has 0 bridgehead atoms. The lowest BCUT2D eigenvalue weighted by molar-refractivity contribution is 0.100. The van der Waals surface area contributed by atoms with Crippen LogP contribution in [0.3, 0.4) is 0 Å². The molecule has 0 atom stereocenters. The zero-order chi connectivity index (χ0) is 18.1. The number of anilines is 2. The summed E-state index contributed by atoms with van der Waals surface area (Å²) in [5, 5.41) is 0. The fourth-order valence-corrected chi connectivity index (χ4v) is 2.16. The van der Waals surface area contributed by atoms with Gasteiger partial charge in [0.05, 0.1) is 0 Å². The quantitative estimate of drug-likeness (QED) is 0.503. The molecule has 3 aromatic rings. The third kappa shape index (κ3) is 6.23. The SMILES string of the molecule is NC(=O)c1ccccc1.Nc1cc(N)cc(C=Cc2ccccc2)c1. The van der Waals surface area contributed by atoms with Crippen LogP contribution < -0.4 is 17.2 Å². The fourth-order valence-electron chi connectivity index (χ4n) is 2.16. The van der Waals surface area contributed by atoms with Crippen LogP contribution >= 0.6 is 0 Å². The van der Waals surface area contributed by atoms with Gasteiger partial charge in [0.2, 0.25) is 5.91 Å². The molecule has 6 N–H and O–H groups in total. The van der Waals surface area contributed by atoms with Crippen molar-refractivity contribution in [2.75, 3.05) is 11.5 Å². The van der Waals surface area contributed by atoms with Crippen molar-refractivity contribution in [1.29, 1.82) is 0 Å². The van der Waals surface area contributed by atoms with Gasteiger partial charge in [-0.05, 0) is 41.5 Å². The van der Waals surface area contributed by atoms with Crippen LogP contribution in [-0.2, 0) is 0 Å². The van der Waals surface area contributed by atoms with Crippen molar-refractivity contribution in [2.45, 2.75) is 0 Å². The molecular weight excluding hydrogens is 310 g/mol. The van der Waals surface area contributed by atoms with Gasteiger partial charge < -0.3 is 17.2 Å². The number of nitrogens with two attached hydrogens (primary N) is 3. The highest BCUT2D eigenvalue weighted by Crippen LogP contribution is 2.16. The third-order valence-electron chi connectivity index (χ3n) is 3.33. The number of nitrogen functional groups attached to an aromatic ring is 2. The number of primary amides is 1. The molecule has 0 unspecified atom stereocenters. The Balaban J connectivity index is 0.000000212. The highest BCUT2D eigenvalue weighted by atomic mass is 16.1. The van der Waals surface area contributed by atoms with E-state index < -0.39 is 0 Å². The summed E-state index contributed by atoms with van der Waals surface area (Å²) in [6.45, 7) is 0. The van der Waals surface area contributed by atoms with Crippen molar-refractivity contribution in [3.05, 3.63) is 95.6 Å². The Morgan fingerprint density at radius 2 is 1.16 bits per heavy atom. The second-order valence-corrected chi connectivity index (χ2v) is 5.41. The van der Waals surface area contributed by atoms with Gasteiger partial charge in [-0.1, -0.05) is 60.7 Å². The van der Waals surface area contributed by atoms with Crippen LogP contribution in [-0.4, -0.2) is 5.91 Å². The second-order valence-electron chi connectivity index (χ2n) is 5.41. The summed E-state index contributed by atoms with van der Waals surface area (Å²) in [6, 6.07) is 24.4. The highest BCUT2D eigenvalue weighted by Gasteiger charge is 1.94. The minimum Gasteiger partial charge on any atom is -0.399 e. The molecule has 3 aromatic carbocycles. The minimum atomic E-state index is -0.379. The molecule has 0 spiro atoms. The fraction of sp³-hybridized carbons (Fsp3) is 0. The van der Waals surface area contributed by atoms with E-state index in [-0.39, 0.29) is 5.91 Å². The van der Waals surface area contributed by atoms with Gasteiger partial charge in [0.1, 0.15) is 0 Å². The Kier molecular flexibility index (Phi) is 6.37. The summed E-state index contributed by atoms with van der Waals surface area (Å²) < 4.78 is 0. The topological polar surface area (TPSA) is 95.1 Å². The summed E-state index contributed by atoms with van der Waals surface area (Å²) in [6.07, 6.45) is 4.04. The zero-order valence-electron chi connectivity index (χ0n) is 13.8. The molecule has 126 valence electrons. The van der Waals surface area contributed by atoms with Gasteiger partial charge in [-0.25, -0.2) is 0 Å². The number of hydrogen-bond donors (Lipinski definition) is 3. The van der Waals surface area contributed by atoms with E-state index in [9.17, 15) is 4.79 Å². The standard InChI is InChI=1S/C14H14N2.C7H7NO/c15-13-8-12(9-14(16)10-13)7-6-11-4-2-1-3-5-11;8-7(9)6-4-2-1-3-5-6/h1-10H,15-16H2;1-5H,(H2,8,9). The molecule has 0 heterocycles. The minimum absolute atomic E-state index is 0.379. The van der Waals surface area contributed by atoms with E-state index in [4.69, 9.17) is 17.2 Å². The predicted octanol–water partition coefficient (Wildman–Crippen LogP) is 3.81. The van der Waals surface area contributed by atoms with Gasteiger partial charge in [0, 0.05) is 16.9 Å². The summed E-state index contributed by atoms with van der Waals surface area (Å²) >= 11 is 0. The molecule has 0 fully saturated rings.